The Morgan fingerprint density at radius 3 is 2.52 bits per heavy atom. The standard InChI is InChI=1S/C15H12N2O3S/c1-8-7-11-12(14(19)17-13(11)18)15(16-8)21-10-5-3-9(20-2)4-6-10/h3-7H,1-2H3,(H,17,18,19). The molecule has 1 N–H and O–H groups in total. The van der Waals surface area contributed by atoms with Crippen LogP contribution in [0, 0.1) is 6.92 Å². The van der Waals surface area contributed by atoms with Crippen molar-refractivity contribution < 1.29 is 14.3 Å². The van der Waals surface area contributed by atoms with Crippen molar-refractivity contribution in [2.45, 2.75) is 16.8 Å². The molecule has 2 amide bonds. The maximum Gasteiger partial charge on any atom is 0.261 e. The summed E-state index contributed by atoms with van der Waals surface area (Å²) in [6, 6.07) is 9.07. The lowest BCUT2D eigenvalue weighted by Crippen LogP contribution is -2.20. The van der Waals surface area contributed by atoms with E-state index in [1.807, 2.05) is 24.3 Å². The summed E-state index contributed by atoms with van der Waals surface area (Å²) >= 11 is 1.35. The highest BCUT2D eigenvalue weighted by atomic mass is 32.2. The summed E-state index contributed by atoms with van der Waals surface area (Å²) in [7, 11) is 1.60. The van der Waals surface area contributed by atoms with Crippen molar-refractivity contribution in [3.05, 3.63) is 47.2 Å². The molecule has 2 heterocycles. The molecule has 0 unspecified atom stereocenters. The molecule has 2 aromatic rings. The zero-order valence-electron chi connectivity index (χ0n) is 11.5. The van der Waals surface area contributed by atoms with Crippen LogP contribution in [0.4, 0.5) is 0 Å². The number of nitrogens with zero attached hydrogens (tertiary/aromatic N) is 1. The Hall–Kier alpha value is -2.34. The van der Waals surface area contributed by atoms with Gasteiger partial charge in [-0.25, -0.2) is 4.98 Å². The number of aromatic nitrogens is 1. The molecule has 21 heavy (non-hydrogen) atoms. The van der Waals surface area contributed by atoms with E-state index >= 15 is 0 Å². The SMILES string of the molecule is COc1ccc(Sc2nc(C)cc3c2C(=O)NC3=O)cc1. The van der Waals surface area contributed by atoms with Crippen LogP contribution in [0.5, 0.6) is 5.75 Å². The van der Waals surface area contributed by atoms with Gasteiger partial charge < -0.3 is 4.74 Å². The van der Waals surface area contributed by atoms with Gasteiger partial charge in [0.1, 0.15) is 10.8 Å². The largest absolute Gasteiger partial charge is 0.497 e. The fourth-order valence-corrected chi connectivity index (χ4v) is 3.10. The number of rotatable bonds is 3. The molecular formula is C15H12N2O3S. The monoisotopic (exact) mass is 300 g/mol. The van der Waals surface area contributed by atoms with Crippen LogP contribution in [0.25, 0.3) is 0 Å². The molecule has 1 aromatic heterocycles. The summed E-state index contributed by atoms with van der Waals surface area (Å²) in [4.78, 5) is 28.9. The van der Waals surface area contributed by atoms with E-state index in [1.165, 1.54) is 11.8 Å². The van der Waals surface area contributed by atoms with Crippen molar-refractivity contribution in [1.82, 2.24) is 10.3 Å². The fourth-order valence-electron chi connectivity index (χ4n) is 2.11. The number of nitrogens with one attached hydrogen (secondary N) is 1. The molecule has 3 rings (SSSR count). The topological polar surface area (TPSA) is 68.3 Å². The van der Waals surface area contributed by atoms with E-state index in [0.717, 1.165) is 10.6 Å². The number of hydrogen-bond acceptors (Lipinski definition) is 5. The van der Waals surface area contributed by atoms with Gasteiger partial charge in [0, 0.05) is 10.6 Å². The number of carbonyl (C=O) groups excluding carboxylic acids is 2. The summed E-state index contributed by atoms with van der Waals surface area (Å²) in [5, 5.41) is 2.84. The highest BCUT2D eigenvalue weighted by molar-refractivity contribution is 7.99. The molecular weight excluding hydrogens is 288 g/mol. The first-order valence-electron chi connectivity index (χ1n) is 6.27. The number of amides is 2. The zero-order chi connectivity index (χ0) is 15.0. The van der Waals surface area contributed by atoms with E-state index in [4.69, 9.17) is 4.74 Å². The van der Waals surface area contributed by atoms with Gasteiger partial charge in [-0.3, -0.25) is 14.9 Å². The van der Waals surface area contributed by atoms with Gasteiger partial charge in [-0.1, -0.05) is 11.8 Å². The van der Waals surface area contributed by atoms with Gasteiger partial charge in [0.05, 0.1) is 18.2 Å². The van der Waals surface area contributed by atoms with Crippen LogP contribution in [0.3, 0.4) is 0 Å². The van der Waals surface area contributed by atoms with Crippen LogP contribution in [-0.2, 0) is 0 Å². The number of benzene rings is 1. The third-order valence-electron chi connectivity index (χ3n) is 3.09. The Kier molecular flexibility index (Phi) is 3.39. The summed E-state index contributed by atoms with van der Waals surface area (Å²) in [6.07, 6.45) is 0. The van der Waals surface area contributed by atoms with Crippen LogP contribution in [0.1, 0.15) is 26.4 Å². The molecule has 0 aliphatic carbocycles. The van der Waals surface area contributed by atoms with E-state index in [-0.39, 0.29) is 5.91 Å². The van der Waals surface area contributed by atoms with Gasteiger partial charge in [-0.2, -0.15) is 0 Å². The molecule has 0 atom stereocenters. The lowest BCUT2D eigenvalue weighted by Gasteiger charge is -2.07. The normalized spacial score (nSPS) is 13.0. The summed E-state index contributed by atoms with van der Waals surface area (Å²) in [6.45, 7) is 1.80. The number of ether oxygens (including phenoxy) is 1. The van der Waals surface area contributed by atoms with E-state index in [0.29, 0.717) is 21.8 Å². The summed E-state index contributed by atoms with van der Waals surface area (Å²) < 4.78 is 5.11. The van der Waals surface area contributed by atoms with Crippen molar-refractivity contribution >= 4 is 23.6 Å². The Labute approximate surface area is 125 Å². The molecule has 6 heteroatoms. The van der Waals surface area contributed by atoms with Crippen LogP contribution >= 0.6 is 11.8 Å². The molecule has 106 valence electrons. The second-order valence-corrected chi connectivity index (χ2v) is 5.61. The number of pyridine rings is 1. The molecule has 5 nitrogen and oxygen atoms in total. The Morgan fingerprint density at radius 1 is 1.14 bits per heavy atom. The summed E-state index contributed by atoms with van der Waals surface area (Å²) in [5.41, 5.74) is 1.45. The molecule has 1 aliphatic rings. The third-order valence-corrected chi connectivity index (χ3v) is 4.08. The van der Waals surface area contributed by atoms with Crippen molar-refractivity contribution in [2.75, 3.05) is 7.11 Å². The molecule has 0 spiro atoms. The predicted octanol–water partition coefficient (Wildman–Crippen LogP) is 2.43. The molecule has 0 saturated carbocycles. The maximum atomic E-state index is 11.9. The first-order valence-corrected chi connectivity index (χ1v) is 7.09. The number of fused-ring (bicyclic) bond motifs is 1. The second-order valence-electron chi connectivity index (χ2n) is 4.55. The second kappa shape index (κ2) is 5.21. The molecule has 0 fully saturated rings. The van der Waals surface area contributed by atoms with Gasteiger partial charge in [-0.15, -0.1) is 0 Å². The Morgan fingerprint density at radius 2 is 1.86 bits per heavy atom. The average Bonchev–Trinajstić information content (AvgIpc) is 2.74. The van der Waals surface area contributed by atoms with Crippen LogP contribution in [0.15, 0.2) is 40.3 Å². The predicted molar refractivity (Wildman–Crippen MR) is 77.9 cm³/mol. The van der Waals surface area contributed by atoms with Crippen LogP contribution in [0.2, 0.25) is 0 Å². The minimum Gasteiger partial charge on any atom is -0.497 e. The van der Waals surface area contributed by atoms with Gasteiger partial charge in [0.25, 0.3) is 11.8 Å². The third kappa shape index (κ3) is 2.50. The minimum atomic E-state index is -0.390. The molecule has 0 bridgehead atoms. The average molecular weight is 300 g/mol. The number of hydrogen-bond donors (Lipinski definition) is 1. The number of methoxy groups -OCH3 is 1. The Balaban J connectivity index is 2.01. The molecule has 0 radical (unpaired) electrons. The van der Waals surface area contributed by atoms with Gasteiger partial charge in [0.2, 0.25) is 0 Å². The van der Waals surface area contributed by atoms with Crippen molar-refractivity contribution in [1.29, 1.82) is 0 Å². The van der Waals surface area contributed by atoms with E-state index in [2.05, 4.69) is 10.3 Å². The zero-order valence-corrected chi connectivity index (χ0v) is 12.3. The highest BCUT2D eigenvalue weighted by Gasteiger charge is 2.31. The van der Waals surface area contributed by atoms with Gasteiger partial charge in [-0.05, 0) is 37.3 Å². The smallest absolute Gasteiger partial charge is 0.261 e. The van der Waals surface area contributed by atoms with E-state index < -0.39 is 5.91 Å². The van der Waals surface area contributed by atoms with Gasteiger partial charge >= 0.3 is 0 Å². The van der Waals surface area contributed by atoms with Crippen LogP contribution in [-0.4, -0.2) is 23.9 Å². The van der Waals surface area contributed by atoms with E-state index in [9.17, 15) is 9.59 Å². The van der Waals surface area contributed by atoms with E-state index in [1.54, 1.807) is 20.1 Å². The minimum absolute atomic E-state index is 0.353. The Bertz CT molecular complexity index is 741. The molecule has 1 aliphatic heterocycles. The van der Waals surface area contributed by atoms with Crippen molar-refractivity contribution in [2.24, 2.45) is 0 Å². The number of aryl methyl sites for hydroxylation is 1. The first-order chi connectivity index (χ1) is 10.1. The van der Waals surface area contributed by atoms with Gasteiger partial charge in [0.15, 0.2) is 0 Å². The molecule has 0 saturated heterocycles. The number of carbonyl (C=O) groups is 2. The summed E-state index contributed by atoms with van der Waals surface area (Å²) in [5.74, 6) is 0.00490. The fraction of sp³-hybridized carbons (Fsp3) is 0.133. The van der Waals surface area contributed by atoms with Crippen molar-refractivity contribution in [3.63, 3.8) is 0 Å². The number of imide groups is 1. The maximum absolute atomic E-state index is 11.9. The van der Waals surface area contributed by atoms with Crippen LogP contribution < -0.4 is 10.1 Å². The first kappa shape index (κ1) is 13.6. The molecule has 1 aromatic carbocycles. The lowest BCUT2D eigenvalue weighted by molar-refractivity contribution is 0.0878. The highest BCUT2D eigenvalue weighted by Crippen LogP contribution is 2.33. The lowest BCUT2D eigenvalue weighted by atomic mass is 10.1. The van der Waals surface area contributed by atoms with Crippen molar-refractivity contribution in [3.8, 4) is 5.75 Å². The quantitative estimate of drug-likeness (QED) is 0.882.